The largest absolute Gasteiger partial charge is 0.497 e. The highest BCUT2D eigenvalue weighted by atomic mass is 35.5. The van der Waals surface area contributed by atoms with Crippen LogP contribution in [0.25, 0.3) is 0 Å². The molecule has 0 fully saturated rings. The lowest BCUT2D eigenvalue weighted by Gasteiger charge is -2.29. The first-order valence-corrected chi connectivity index (χ1v) is 8.20. The summed E-state index contributed by atoms with van der Waals surface area (Å²) in [5.41, 5.74) is 3.31. The van der Waals surface area contributed by atoms with Crippen molar-refractivity contribution in [1.29, 1.82) is 0 Å². The highest BCUT2D eigenvalue weighted by Crippen LogP contribution is 2.25. The molecule has 0 aliphatic carbocycles. The molecule has 0 radical (unpaired) electrons. The molecule has 1 aliphatic rings. The SMILES string of the molecule is COc1ccc2c(c1)CN(C(=O)Cc1ccc(Cl)c(Cl)c1)CC2. The molecule has 2 aromatic carbocycles. The van der Waals surface area contributed by atoms with Crippen LogP contribution in [0.1, 0.15) is 16.7 Å². The molecule has 0 N–H and O–H groups in total. The Labute approximate surface area is 145 Å². The average Bonchev–Trinajstić information content (AvgIpc) is 2.57. The van der Waals surface area contributed by atoms with E-state index in [0.717, 1.165) is 29.8 Å². The molecule has 0 atom stereocenters. The average molecular weight is 350 g/mol. The minimum Gasteiger partial charge on any atom is -0.497 e. The first kappa shape index (κ1) is 16.2. The van der Waals surface area contributed by atoms with Crippen LogP contribution in [0.5, 0.6) is 5.75 Å². The van der Waals surface area contributed by atoms with E-state index in [4.69, 9.17) is 27.9 Å². The Kier molecular flexibility index (Phi) is 4.79. The number of rotatable bonds is 3. The zero-order valence-electron chi connectivity index (χ0n) is 12.8. The molecule has 3 rings (SSSR count). The molecule has 1 amide bonds. The van der Waals surface area contributed by atoms with Crippen molar-refractivity contribution in [1.82, 2.24) is 4.90 Å². The first-order valence-electron chi connectivity index (χ1n) is 7.44. The van der Waals surface area contributed by atoms with Gasteiger partial charge in [0.1, 0.15) is 5.75 Å². The van der Waals surface area contributed by atoms with Crippen LogP contribution in [-0.4, -0.2) is 24.5 Å². The Balaban J connectivity index is 1.72. The second-order valence-electron chi connectivity index (χ2n) is 5.63. The maximum absolute atomic E-state index is 12.5. The van der Waals surface area contributed by atoms with Crippen LogP contribution in [0.2, 0.25) is 10.0 Å². The number of ether oxygens (including phenoxy) is 1. The summed E-state index contributed by atoms with van der Waals surface area (Å²) in [6, 6.07) is 11.4. The second-order valence-corrected chi connectivity index (χ2v) is 6.44. The predicted molar refractivity (Wildman–Crippen MR) is 92.3 cm³/mol. The van der Waals surface area contributed by atoms with E-state index in [9.17, 15) is 4.79 Å². The van der Waals surface area contributed by atoms with Crippen molar-refractivity contribution in [2.24, 2.45) is 0 Å². The summed E-state index contributed by atoms with van der Waals surface area (Å²) in [5.74, 6) is 0.916. The fraction of sp³-hybridized carbons (Fsp3) is 0.278. The number of amides is 1. The molecule has 0 bridgehead atoms. The lowest BCUT2D eigenvalue weighted by molar-refractivity contribution is -0.131. The van der Waals surface area contributed by atoms with Crippen molar-refractivity contribution >= 4 is 29.1 Å². The van der Waals surface area contributed by atoms with E-state index >= 15 is 0 Å². The predicted octanol–water partition coefficient (Wildman–Crippen LogP) is 4.13. The highest BCUT2D eigenvalue weighted by Gasteiger charge is 2.21. The summed E-state index contributed by atoms with van der Waals surface area (Å²) >= 11 is 11.9. The van der Waals surface area contributed by atoms with Crippen molar-refractivity contribution in [3.63, 3.8) is 0 Å². The lowest BCUT2D eigenvalue weighted by atomic mass is 9.99. The second kappa shape index (κ2) is 6.81. The molecule has 120 valence electrons. The van der Waals surface area contributed by atoms with Crippen LogP contribution >= 0.6 is 23.2 Å². The van der Waals surface area contributed by atoms with Gasteiger partial charge in [0.15, 0.2) is 0 Å². The van der Waals surface area contributed by atoms with Crippen LogP contribution in [0.15, 0.2) is 36.4 Å². The third kappa shape index (κ3) is 3.62. The van der Waals surface area contributed by atoms with Gasteiger partial charge in [0.2, 0.25) is 5.91 Å². The summed E-state index contributed by atoms with van der Waals surface area (Å²) in [7, 11) is 1.65. The van der Waals surface area contributed by atoms with Gasteiger partial charge in [-0.1, -0.05) is 35.3 Å². The molecule has 0 aromatic heterocycles. The molecular formula is C18H17Cl2NO2. The monoisotopic (exact) mass is 349 g/mol. The minimum absolute atomic E-state index is 0.0943. The summed E-state index contributed by atoms with van der Waals surface area (Å²) in [4.78, 5) is 14.4. The zero-order valence-corrected chi connectivity index (χ0v) is 14.3. The van der Waals surface area contributed by atoms with E-state index in [1.807, 2.05) is 23.1 Å². The van der Waals surface area contributed by atoms with Crippen LogP contribution < -0.4 is 4.74 Å². The first-order chi connectivity index (χ1) is 11.1. The fourth-order valence-corrected chi connectivity index (χ4v) is 3.13. The van der Waals surface area contributed by atoms with Gasteiger partial charge in [-0.3, -0.25) is 4.79 Å². The Bertz CT molecular complexity index is 746. The number of nitrogens with zero attached hydrogens (tertiary/aromatic N) is 1. The Morgan fingerprint density at radius 3 is 2.70 bits per heavy atom. The summed E-state index contributed by atoms with van der Waals surface area (Å²) < 4.78 is 5.27. The third-order valence-corrected chi connectivity index (χ3v) is 4.86. The molecule has 23 heavy (non-hydrogen) atoms. The molecule has 0 unspecified atom stereocenters. The molecule has 5 heteroatoms. The number of hydrogen-bond donors (Lipinski definition) is 0. The van der Waals surface area contributed by atoms with Gasteiger partial charge in [0.25, 0.3) is 0 Å². The van der Waals surface area contributed by atoms with E-state index in [-0.39, 0.29) is 5.91 Å². The molecule has 2 aromatic rings. The van der Waals surface area contributed by atoms with Crippen LogP contribution in [0, 0.1) is 0 Å². The summed E-state index contributed by atoms with van der Waals surface area (Å²) in [5, 5.41) is 0.979. The van der Waals surface area contributed by atoms with Gasteiger partial charge in [0, 0.05) is 13.1 Å². The van der Waals surface area contributed by atoms with E-state index in [0.29, 0.717) is 23.0 Å². The van der Waals surface area contributed by atoms with Gasteiger partial charge in [-0.05, 0) is 47.4 Å². The number of fused-ring (bicyclic) bond motifs is 1. The standard InChI is InChI=1S/C18H17Cl2NO2/c1-23-15-4-3-13-6-7-21(11-14(13)10-15)18(22)9-12-2-5-16(19)17(20)8-12/h2-5,8,10H,6-7,9,11H2,1H3. The number of methoxy groups -OCH3 is 1. The molecule has 0 saturated carbocycles. The summed E-state index contributed by atoms with van der Waals surface area (Å²) in [6.45, 7) is 1.35. The van der Waals surface area contributed by atoms with E-state index in [1.54, 1.807) is 19.2 Å². The number of halogens is 2. The number of carbonyl (C=O) groups is 1. The molecular weight excluding hydrogens is 333 g/mol. The lowest BCUT2D eigenvalue weighted by Crippen LogP contribution is -2.36. The fourth-order valence-electron chi connectivity index (χ4n) is 2.81. The zero-order chi connectivity index (χ0) is 16.4. The van der Waals surface area contributed by atoms with Crippen molar-refractivity contribution in [3.8, 4) is 5.75 Å². The van der Waals surface area contributed by atoms with Gasteiger partial charge >= 0.3 is 0 Å². The number of hydrogen-bond acceptors (Lipinski definition) is 2. The van der Waals surface area contributed by atoms with Crippen molar-refractivity contribution in [2.45, 2.75) is 19.4 Å². The van der Waals surface area contributed by atoms with Crippen molar-refractivity contribution in [3.05, 3.63) is 63.1 Å². The minimum atomic E-state index is 0.0943. The smallest absolute Gasteiger partial charge is 0.227 e. The van der Waals surface area contributed by atoms with Gasteiger partial charge in [-0.15, -0.1) is 0 Å². The van der Waals surface area contributed by atoms with Gasteiger partial charge in [-0.2, -0.15) is 0 Å². The van der Waals surface area contributed by atoms with E-state index < -0.39 is 0 Å². The number of benzene rings is 2. The van der Waals surface area contributed by atoms with Crippen LogP contribution in [0.4, 0.5) is 0 Å². The van der Waals surface area contributed by atoms with E-state index in [1.165, 1.54) is 5.56 Å². The topological polar surface area (TPSA) is 29.5 Å². The Morgan fingerprint density at radius 1 is 1.13 bits per heavy atom. The van der Waals surface area contributed by atoms with E-state index in [2.05, 4.69) is 6.07 Å². The van der Waals surface area contributed by atoms with Gasteiger partial charge in [0.05, 0.1) is 23.6 Å². The van der Waals surface area contributed by atoms with Crippen LogP contribution in [0.3, 0.4) is 0 Å². The number of carbonyl (C=O) groups excluding carboxylic acids is 1. The van der Waals surface area contributed by atoms with Crippen molar-refractivity contribution in [2.75, 3.05) is 13.7 Å². The third-order valence-electron chi connectivity index (χ3n) is 4.12. The maximum Gasteiger partial charge on any atom is 0.227 e. The highest BCUT2D eigenvalue weighted by molar-refractivity contribution is 6.42. The molecule has 1 heterocycles. The summed E-state index contributed by atoms with van der Waals surface area (Å²) in [6.07, 6.45) is 1.20. The van der Waals surface area contributed by atoms with Crippen molar-refractivity contribution < 1.29 is 9.53 Å². The molecule has 3 nitrogen and oxygen atoms in total. The molecule has 1 aliphatic heterocycles. The normalized spacial score (nSPS) is 13.6. The Hall–Kier alpha value is -1.71. The van der Waals surface area contributed by atoms with Gasteiger partial charge in [-0.25, -0.2) is 0 Å². The van der Waals surface area contributed by atoms with Gasteiger partial charge < -0.3 is 9.64 Å². The Morgan fingerprint density at radius 2 is 1.96 bits per heavy atom. The quantitative estimate of drug-likeness (QED) is 0.833. The van der Waals surface area contributed by atoms with Crippen LogP contribution in [-0.2, 0) is 24.2 Å². The maximum atomic E-state index is 12.5. The molecule has 0 spiro atoms. The molecule has 0 saturated heterocycles.